The Labute approximate surface area is 246 Å². The van der Waals surface area contributed by atoms with E-state index in [1.54, 1.807) is 26.9 Å². The molecule has 12 heteroatoms. The molecule has 4 heterocycles. The van der Waals surface area contributed by atoms with Crippen LogP contribution >= 0.6 is 8.25 Å². The van der Waals surface area contributed by atoms with Crippen LogP contribution in [-0.2, 0) is 13.6 Å². The lowest BCUT2D eigenvalue weighted by atomic mass is 9.99. The highest BCUT2D eigenvalue weighted by molar-refractivity contribution is 7.33. The number of fused-ring (bicyclic) bond motifs is 2. The highest BCUT2D eigenvalue weighted by Crippen LogP contribution is 2.35. The predicted octanol–water partition coefficient (Wildman–Crippen LogP) is 5.15. The van der Waals surface area contributed by atoms with Gasteiger partial charge in [0.1, 0.15) is 46.8 Å². The van der Waals surface area contributed by atoms with Crippen molar-refractivity contribution in [3.63, 3.8) is 0 Å². The summed E-state index contributed by atoms with van der Waals surface area (Å²) in [5.74, 6) is 3.72. The van der Waals surface area contributed by atoms with E-state index in [9.17, 15) is 4.57 Å². The molecule has 0 bridgehead atoms. The van der Waals surface area contributed by atoms with E-state index < -0.39 is 8.25 Å². The summed E-state index contributed by atoms with van der Waals surface area (Å²) in [7, 11) is 0.692. The fourth-order valence-corrected chi connectivity index (χ4v) is 6.95. The summed E-state index contributed by atoms with van der Waals surface area (Å²) in [6, 6.07) is 11.8. The Balaban J connectivity index is 1.02. The molecule has 2 fully saturated rings. The van der Waals surface area contributed by atoms with Gasteiger partial charge < -0.3 is 28.3 Å². The van der Waals surface area contributed by atoms with Crippen molar-refractivity contribution in [2.45, 2.75) is 25.7 Å². The van der Waals surface area contributed by atoms with Gasteiger partial charge in [-0.2, -0.15) is 0 Å². The molecular formula is C30H37N6O5P. The molecule has 11 nitrogen and oxygen atoms in total. The Morgan fingerprint density at radius 1 is 0.738 bits per heavy atom. The number of methoxy groups -OCH3 is 2. The lowest BCUT2D eigenvalue weighted by molar-refractivity contribution is 0.165. The number of hydrogen-bond donors (Lipinski definition) is 0. The standard InChI is InChI=1S/C30H37N6O5P/c1-38-25-11-3-9-23-27(25)31-19-33-29(23)35-13-5-7-21(15-35)17-40-42(37)41-18-22-8-6-14-36(16-22)30-24-10-4-12-26(39-2)28(24)32-20-34-30/h3-4,9-12,19-22,42H,5-8,13-18H2,1-2H3. The first-order valence-corrected chi connectivity index (χ1v) is 15.7. The fraction of sp³-hybridized carbons (Fsp3) is 0.467. The van der Waals surface area contributed by atoms with Gasteiger partial charge in [0.15, 0.2) is 0 Å². The zero-order valence-electron chi connectivity index (χ0n) is 24.1. The Bertz CT molecular complexity index is 1440. The van der Waals surface area contributed by atoms with Crippen molar-refractivity contribution in [2.24, 2.45) is 11.8 Å². The minimum Gasteiger partial charge on any atom is -0.494 e. The van der Waals surface area contributed by atoms with Crippen molar-refractivity contribution in [1.82, 2.24) is 19.9 Å². The van der Waals surface area contributed by atoms with Gasteiger partial charge in [-0.25, -0.2) is 19.9 Å². The van der Waals surface area contributed by atoms with Gasteiger partial charge in [0, 0.05) is 48.8 Å². The quantitative estimate of drug-likeness (QED) is 0.228. The molecule has 4 aromatic rings. The van der Waals surface area contributed by atoms with E-state index in [1.807, 2.05) is 36.4 Å². The molecule has 2 saturated heterocycles. The molecule has 0 amide bonds. The normalized spacial score (nSPS) is 20.1. The second-order valence-corrected chi connectivity index (χ2v) is 12.0. The largest absolute Gasteiger partial charge is 0.494 e. The number of hydrogen-bond acceptors (Lipinski definition) is 11. The SMILES string of the molecule is COc1cccc2c(N3CCCC(CO[PH](=O)OCC4CCCN(c5ncnc6c(OC)cccc56)C4)C3)ncnc12. The van der Waals surface area contributed by atoms with Crippen molar-refractivity contribution >= 4 is 41.7 Å². The summed E-state index contributed by atoms with van der Waals surface area (Å²) in [6.07, 6.45) is 7.20. The summed E-state index contributed by atoms with van der Waals surface area (Å²) in [4.78, 5) is 22.6. The first-order chi connectivity index (χ1) is 20.6. The molecule has 0 N–H and O–H groups in total. The third-order valence-corrected chi connectivity index (χ3v) is 8.97. The minimum atomic E-state index is -2.61. The van der Waals surface area contributed by atoms with Crippen LogP contribution in [0.3, 0.4) is 0 Å². The topological polar surface area (TPSA) is 112 Å². The van der Waals surface area contributed by atoms with Crippen LogP contribution in [0.5, 0.6) is 11.5 Å². The average Bonchev–Trinajstić information content (AvgIpc) is 3.05. The van der Waals surface area contributed by atoms with Crippen LogP contribution in [0.4, 0.5) is 11.6 Å². The molecule has 2 aliphatic rings. The van der Waals surface area contributed by atoms with Gasteiger partial charge in [-0.3, -0.25) is 4.57 Å². The molecule has 2 aliphatic heterocycles. The molecule has 42 heavy (non-hydrogen) atoms. The number of aromatic nitrogens is 4. The lowest BCUT2D eigenvalue weighted by Crippen LogP contribution is -2.38. The number of nitrogens with zero attached hydrogens (tertiary/aromatic N) is 6. The van der Waals surface area contributed by atoms with E-state index in [0.717, 1.165) is 96.8 Å². The Morgan fingerprint density at radius 3 is 1.67 bits per heavy atom. The van der Waals surface area contributed by atoms with Gasteiger partial charge in [-0.1, -0.05) is 12.1 Å². The molecule has 2 aromatic heterocycles. The first-order valence-electron chi connectivity index (χ1n) is 14.5. The highest BCUT2D eigenvalue weighted by Gasteiger charge is 2.26. The van der Waals surface area contributed by atoms with Gasteiger partial charge in [0.25, 0.3) is 0 Å². The van der Waals surface area contributed by atoms with Gasteiger partial charge in [0.05, 0.1) is 27.4 Å². The molecule has 2 unspecified atom stereocenters. The van der Waals surface area contributed by atoms with Crippen molar-refractivity contribution in [3.8, 4) is 11.5 Å². The molecule has 2 atom stereocenters. The van der Waals surface area contributed by atoms with Crippen LogP contribution in [0, 0.1) is 11.8 Å². The maximum Gasteiger partial charge on any atom is 0.319 e. The smallest absolute Gasteiger partial charge is 0.319 e. The number of ether oxygens (including phenoxy) is 2. The minimum absolute atomic E-state index is 0.236. The summed E-state index contributed by atoms with van der Waals surface area (Å²) in [5.41, 5.74) is 1.60. The molecule has 0 spiro atoms. The lowest BCUT2D eigenvalue weighted by Gasteiger charge is -2.34. The Kier molecular flexibility index (Phi) is 8.98. The highest BCUT2D eigenvalue weighted by atomic mass is 31.1. The van der Waals surface area contributed by atoms with Gasteiger partial charge >= 0.3 is 8.25 Å². The zero-order valence-corrected chi connectivity index (χ0v) is 25.1. The summed E-state index contributed by atoms with van der Waals surface area (Å²) >= 11 is 0. The van der Waals surface area contributed by atoms with E-state index in [2.05, 4.69) is 29.7 Å². The van der Waals surface area contributed by atoms with Crippen molar-refractivity contribution in [3.05, 3.63) is 49.1 Å². The molecule has 0 saturated carbocycles. The Morgan fingerprint density at radius 2 is 1.21 bits per heavy atom. The number of para-hydroxylation sites is 2. The summed E-state index contributed by atoms with van der Waals surface area (Å²) in [5, 5.41) is 1.93. The molecule has 6 rings (SSSR count). The summed E-state index contributed by atoms with van der Waals surface area (Å²) in [6.45, 7) is 4.13. The van der Waals surface area contributed by atoms with Crippen LogP contribution in [0.25, 0.3) is 21.8 Å². The monoisotopic (exact) mass is 592 g/mol. The van der Waals surface area contributed by atoms with Crippen molar-refractivity contribution in [1.29, 1.82) is 0 Å². The van der Waals surface area contributed by atoms with E-state index >= 15 is 0 Å². The molecule has 2 aromatic carbocycles. The van der Waals surface area contributed by atoms with E-state index in [-0.39, 0.29) is 11.8 Å². The molecule has 0 radical (unpaired) electrons. The van der Waals surface area contributed by atoms with Crippen LogP contribution in [-0.4, -0.2) is 73.5 Å². The molecule has 222 valence electrons. The van der Waals surface area contributed by atoms with Crippen LogP contribution in [0.2, 0.25) is 0 Å². The molecular weight excluding hydrogens is 555 g/mol. The fourth-order valence-electron chi connectivity index (χ4n) is 6.13. The number of rotatable bonds is 10. The second kappa shape index (κ2) is 13.2. The summed E-state index contributed by atoms with van der Waals surface area (Å²) < 4.78 is 35.3. The van der Waals surface area contributed by atoms with Crippen molar-refractivity contribution < 1.29 is 23.1 Å². The number of benzene rings is 2. The third-order valence-electron chi connectivity index (χ3n) is 8.16. The predicted molar refractivity (Wildman–Crippen MR) is 163 cm³/mol. The van der Waals surface area contributed by atoms with Crippen LogP contribution < -0.4 is 19.3 Å². The van der Waals surface area contributed by atoms with E-state index in [0.29, 0.717) is 13.2 Å². The van der Waals surface area contributed by atoms with Crippen molar-refractivity contribution in [2.75, 3.05) is 63.4 Å². The second-order valence-electron chi connectivity index (χ2n) is 10.9. The van der Waals surface area contributed by atoms with Crippen LogP contribution in [0.1, 0.15) is 25.7 Å². The van der Waals surface area contributed by atoms with E-state index in [4.69, 9.17) is 18.5 Å². The Hall–Kier alpha value is -3.53. The van der Waals surface area contributed by atoms with Gasteiger partial charge in [-0.15, -0.1) is 0 Å². The average molecular weight is 593 g/mol. The number of piperidine rings is 2. The molecule has 0 aliphatic carbocycles. The first kappa shape index (κ1) is 28.6. The zero-order chi connectivity index (χ0) is 28.9. The maximum absolute atomic E-state index is 12.8. The van der Waals surface area contributed by atoms with Crippen LogP contribution in [0.15, 0.2) is 49.1 Å². The third kappa shape index (κ3) is 6.14. The van der Waals surface area contributed by atoms with Gasteiger partial charge in [0.2, 0.25) is 0 Å². The van der Waals surface area contributed by atoms with E-state index in [1.165, 1.54) is 0 Å². The maximum atomic E-state index is 12.8. The number of anilines is 2. The van der Waals surface area contributed by atoms with Gasteiger partial charge in [-0.05, 0) is 49.9 Å².